The summed E-state index contributed by atoms with van der Waals surface area (Å²) in [5.41, 5.74) is 3.35. The molecule has 0 radical (unpaired) electrons. The first-order valence-corrected chi connectivity index (χ1v) is 8.90. The van der Waals surface area contributed by atoms with E-state index in [4.69, 9.17) is 0 Å². The van der Waals surface area contributed by atoms with Crippen molar-refractivity contribution in [3.05, 3.63) is 65.2 Å². The highest BCUT2D eigenvalue weighted by molar-refractivity contribution is 5.88. The van der Waals surface area contributed by atoms with E-state index in [1.165, 1.54) is 12.5 Å². The van der Waals surface area contributed by atoms with Crippen molar-refractivity contribution in [3.8, 4) is 0 Å². The van der Waals surface area contributed by atoms with E-state index in [1.54, 1.807) is 0 Å². The highest BCUT2D eigenvalue weighted by Gasteiger charge is 2.34. The Hall–Kier alpha value is -2.17. The van der Waals surface area contributed by atoms with Gasteiger partial charge in [0.15, 0.2) is 0 Å². The quantitative estimate of drug-likeness (QED) is 0.782. The van der Waals surface area contributed by atoms with Gasteiger partial charge in [0, 0.05) is 25.2 Å². The number of fused-ring (bicyclic) bond motifs is 1. The minimum atomic E-state index is -0.821. The Labute approximate surface area is 149 Å². The molecule has 1 aliphatic rings. The highest BCUT2D eigenvalue weighted by Crippen LogP contribution is 2.35. The maximum atomic E-state index is 11.2. The second kappa shape index (κ2) is 7.38. The van der Waals surface area contributed by atoms with Crippen molar-refractivity contribution >= 4 is 11.6 Å². The monoisotopic (exact) mass is 338 g/mol. The number of anilines is 1. The predicted molar refractivity (Wildman–Crippen MR) is 100 cm³/mol. The fourth-order valence-electron chi connectivity index (χ4n) is 3.61. The Morgan fingerprint density at radius 3 is 2.84 bits per heavy atom. The smallest absolute Gasteiger partial charge is 0.221 e. The summed E-state index contributed by atoms with van der Waals surface area (Å²) in [6.45, 7) is 4.09. The first-order valence-electron chi connectivity index (χ1n) is 8.90. The van der Waals surface area contributed by atoms with Crippen LogP contribution in [0.2, 0.25) is 0 Å². The number of benzene rings is 2. The van der Waals surface area contributed by atoms with Crippen LogP contribution in [-0.2, 0) is 16.8 Å². The molecule has 4 nitrogen and oxygen atoms in total. The molecule has 1 aliphatic carbocycles. The second-order valence-corrected chi connectivity index (χ2v) is 6.95. The average Bonchev–Trinajstić information content (AvgIpc) is 2.60. The number of amides is 1. The van der Waals surface area contributed by atoms with Crippen molar-refractivity contribution in [2.45, 2.75) is 44.8 Å². The molecule has 0 heterocycles. The van der Waals surface area contributed by atoms with Crippen molar-refractivity contribution in [3.63, 3.8) is 0 Å². The van der Waals surface area contributed by atoms with Gasteiger partial charge in [-0.05, 0) is 55.0 Å². The standard InChI is InChI=1S/C21H26N2O2/c1-15(18-8-5-10-19(13-18)23-16(2)24)22-14-21(25)12-6-9-17-7-3-4-11-20(17)21/h3-5,7-8,10-11,13,15,22,25H,6,9,12,14H2,1-2H3,(H,23,24)/t15-,21+/m0/s1. The Kier molecular flexibility index (Phi) is 5.21. The zero-order valence-electron chi connectivity index (χ0n) is 14.9. The number of nitrogens with one attached hydrogen (secondary N) is 2. The molecule has 25 heavy (non-hydrogen) atoms. The Bertz CT molecular complexity index is 759. The topological polar surface area (TPSA) is 61.4 Å². The van der Waals surface area contributed by atoms with Crippen molar-refractivity contribution in [1.82, 2.24) is 5.32 Å². The zero-order valence-corrected chi connectivity index (χ0v) is 14.9. The van der Waals surface area contributed by atoms with Gasteiger partial charge in [-0.3, -0.25) is 4.79 Å². The van der Waals surface area contributed by atoms with E-state index in [0.717, 1.165) is 36.1 Å². The zero-order chi connectivity index (χ0) is 17.9. The van der Waals surface area contributed by atoms with Gasteiger partial charge < -0.3 is 15.7 Å². The minimum absolute atomic E-state index is 0.0758. The van der Waals surface area contributed by atoms with Crippen LogP contribution < -0.4 is 10.6 Å². The molecule has 0 bridgehead atoms. The lowest BCUT2D eigenvalue weighted by molar-refractivity contribution is -0.114. The number of rotatable bonds is 5. The van der Waals surface area contributed by atoms with E-state index in [0.29, 0.717) is 6.54 Å². The van der Waals surface area contributed by atoms with Crippen molar-refractivity contribution in [2.24, 2.45) is 0 Å². The summed E-state index contributed by atoms with van der Waals surface area (Å²) in [7, 11) is 0. The van der Waals surface area contributed by atoms with Gasteiger partial charge in [-0.25, -0.2) is 0 Å². The van der Waals surface area contributed by atoms with Crippen molar-refractivity contribution in [1.29, 1.82) is 0 Å². The number of hydrogen-bond acceptors (Lipinski definition) is 3. The largest absolute Gasteiger partial charge is 0.384 e. The van der Waals surface area contributed by atoms with Crippen molar-refractivity contribution < 1.29 is 9.90 Å². The normalized spacial score (nSPS) is 20.6. The molecule has 3 rings (SSSR count). The molecule has 0 saturated carbocycles. The molecule has 2 aromatic carbocycles. The average molecular weight is 338 g/mol. The minimum Gasteiger partial charge on any atom is -0.384 e. The molecule has 0 aromatic heterocycles. The third-order valence-corrected chi connectivity index (χ3v) is 4.96. The van der Waals surface area contributed by atoms with E-state index < -0.39 is 5.60 Å². The molecular formula is C21H26N2O2. The SMILES string of the molecule is CC(=O)Nc1cccc([C@H](C)NC[C@]2(O)CCCc3ccccc32)c1. The first kappa shape index (κ1) is 17.6. The molecule has 0 saturated heterocycles. The number of aryl methyl sites for hydroxylation is 1. The maximum absolute atomic E-state index is 11.2. The van der Waals surface area contributed by atoms with Gasteiger partial charge in [0.1, 0.15) is 5.60 Å². The molecule has 3 N–H and O–H groups in total. The van der Waals surface area contributed by atoms with Crippen LogP contribution in [-0.4, -0.2) is 17.6 Å². The van der Waals surface area contributed by atoms with Crippen LogP contribution in [0.15, 0.2) is 48.5 Å². The summed E-state index contributed by atoms with van der Waals surface area (Å²) >= 11 is 0. The number of aliphatic hydroxyl groups is 1. The third kappa shape index (κ3) is 4.09. The number of hydrogen-bond donors (Lipinski definition) is 3. The van der Waals surface area contributed by atoms with Crippen LogP contribution in [0.1, 0.15) is 49.4 Å². The maximum Gasteiger partial charge on any atom is 0.221 e. The fraction of sp³-hybridized carbons (Fsp3) is 0.381. The molecule has 2 aromatic rings. The molecule has 0 aliphatic heterocycles. The molecule has 0 fully saturated rings. The number of carbonyl (C=O) groups is 1. The van der Waals surface area contributed by atoms with E-state index in [2.05, 4.69) is 23.6 Å². The van der Waals surface area contributed by atoms with E-state index >= 15 is 0 Å². The predicted octanol–water partition coefficient (Wildman–Crippen LogP) is 3.52. The Balaban J connectivity index is 1.70. The number of carbonyl (C=O) groups excluding carboxylic acids is 1. The van der Waals surface area contributed by atoms with E-state index in [1.807, 2.05) is 42.5 Å². The van der Waals surface area contributed by atoms with Gasteiger partial charge >= 0.3 is 0 Å². The van der Waals surface area contributed by atoms with E-state index in [-0.39, 0.29) is 11.9 Å². The molecule has 2 atom stereocenters. The Morgan fingerprint density at radius 1 is 1.24 bits per heavy atom. The summed E-state index contributed by atoms with van der Waals surface area (Å²) in [6, 6.07) is 16.1. The van der Waals surface area contributed by atoms with Gasteiger partial charge in [0.25, 0.3) is 0 Å². The first-order chi connectivity index (χ1) is 12.0. The lowest BCUT2D eigenvalue weighted by atomic mass is 9.79. The van der Waals surface area contributed by atoms with Gasteiger partial charge in [-0.2, -0.15) is 0 Å². The van der Waals surface area contributed by atoms with Crippen LogP contribution in [0, 0.1) is 0 Å². The van der Waals surface area contributed by atoms with Crippen LogP contribution in [0.5, 0.6) is 0 Å². The highest BCUT2D eigenvalue weighted by atomic mass is 16.3. The Morgan fingerprint density at radius 2 is 2.04 bits per heavy atom. The fourth-order valence-corrected chi connectivity index (χ4v) is 3.61. The van der Waals surface area contributed by atoms with Crippen LogP contribution >= 0.6 is 0 Å². The van der Waals surface area contributed by atoms with E-state index in [9.17, 15) is 9.90 Å². The lowest BCUT2D eigenvalue weighted by Crippen LogP contribution is -2.41. The molecule has 0 spiro atoms. The summed E-state index contributed by atoms with van der Waals surface area (Å²) in [6.07, 6.45) is 2.81. The van der Waals surface area contributed by atoms with Crippen LogP contribution in [0.3, 0.4) is 0 Å². The molecule has 1 amide bonds. The summed E-state index contributed by atoms with van der Waals surface area (Å²) in [5, 5.41) is 17.5. The van der Waals surface area contributed by atoms with Crippen LogP contribution in [0.4, 0.5) is 5.69 Å². The summed E-state index contributed by atoms with van der Waals surface area (Å²) in [5.74, 6) is -0.0779. The summed E-state index contributed by atoms with van der Waals surface area (Å²) < 4.78 is 0. The molecule has 132 valence electrons. The molecular weight excluding hydrogens is 312 g/mol. The van der Waals surface area contributed by atoms with Gasteiger partial charge in [0.05, 0.1) is 0 Å². The van der Waals surface area contributed by atoms with Gasteiger partial charge in [-0.15, -0.1) is 0 Å². The van der Waals surface area contributed by atoms with Gasteiger partial charge in [0.2, 0.25) is 5.91 Å². The molecule has 4 heteroatoms. The lowest BCUT2D eigenvalue weighted by Gasteiger charge is -2.35. The second-order valence-electron chi connectivity index (χ2n) is 6.95. The van der Waals surface area contributed by atoms with Gasteiger partial charge in [-0.1, -0.05) is 36.4 Å². The van der Waals surface area contributed by atoms with Crippen molar-refractivity contribution in [2.75, 3.05) is 11.9 Å². The summed E-state index contributed by atoms with van der Waals surface area (Å²) in [4.78, 5) is 11.2. The molecule has 0 unspecified atom stereocenters. The van der Waals surface area contributed by atoms with Crippen LogP contribution in [0.25, 0.3) is 0 Å². The third-order valence-electron chi connectivity index (χ3n) is 4.96.